The topological polar surface area (TPSA) is 61.6 Å². The Balaban J connectivity index is 1.98. The molecule has 4 heteroatoms. The molecule has 0 aromatic heterocycles. The van der Waals surface area contributed by atoms with Crippen LogP contribution in [0.15, 0.2) is 23.8 Å². The summed E-state index contributed by atoms with van der Waals surface area (Å²) in [7, 11) is 0. The molecular weight excluding hydrogens is 230 g/mol. The fourth-order valence-corrected chi connectivity index (χ4v) is 2.40. The van der Waals surface area contributed by atoms with Crippen molar-refractivity contribution in [1.29, 1.82) is 0 Å². The number of Topliss-reactive ketones (excluding diaryl/α,β-unsaturated/α-hetero) is 1. The Morgan fingerprint density at radius 3 is 2.72 bits per heavy atom. The molecule has 1 aromatic carbocycles. The molecule has 1 aliphatic carbocycles. The number of benzene rings is 1. The molecule has 0 amide bonds. The van der Waals surface area contributed by atoms with Gasteiger partial charge in [-0.1, -0.05) is 0 Å². The van der Waals surface area contributed by atoms with Gasteiger partial charge < -0.3 is 15.2 Å². The largest absolute Gasteiger partial charge is 0.454 e. The average molecular weight is 245 g/mol. The third kappa shape index (κ3) is 1.83. The summed E-state index contributed by atoms with van der Waals surface area (Å²) in [6.45, 7) is 0.244. The highest BCUT2D eigenvalue weighted by molar-refractivity contribution is 6.02. The lowest BCUT2D eigenvalue weighted by Gasteiger charge is -2.16. The predicted octanol–water partition coefficient (Wildman–Crippen LogP) is 2.23. The molecule has 0 bridgehead atoms. The number of hydrogen-bond donors (Lipinski definition) is 1. The third-order valence-corrected chi connectivity index (χ3v) is 3.43. The third-order valence-electron chi connectivity index (χ3n) is 3.43. The number of carbonyl (C=O) groups is 1. The van der Waals surface area contributed by atoms with Crippen LogP contribution in [0.3, 0.4) is 0 Å². The summed E-state index contributed by atoms with van der Waals surface area (Å²) < 4.78 is 10.6. The van der Waals surface area contributed by atoms with Crippen LogP contribution in [0.4, 0.5) is 0 Å². The molecule has 4 nitrogen and oxygen atoms in total. The Bertz CT molecular complexity index is 534. The van der Waals surface area contributed by atoms with Crippen molar-refractivity contribution in [2.45, 2.75) is 25.7 Å². The maximum absolute atomic E-state index is 11.8. The normalized spacial score (nSPS) is 21.0. The van der Waals surface area contributed by atoms with Crippen LogP contribution in [0.2, 0.25) is 0 Å². The van der Waals surface area contributed by atoms with Crippen molar-refractivity contribution in [3.05, 3.63) is 29.3 Å². The zero-order chi connectivity index (χ0) is 12.5. The standard InChI is InChI=1S/C14H15NO3/c15-14(10-3-1-2-4-11(10)16)9-5-6-12-13(7-9)18-8-17-12/h5-7H,1-4,8,15H2/b14-10-. The summed E-state index contributed by atoms with van der Waals surface area (Å²) in [5, 5.41) is 0. The number of allylic oxidation sites excluding steroid dienone is 1. The molecule has 3 rings (SSSR count). The lowest BCUT2D eigenvalue weighted by molar-refractivity contribution is -0.116. The van der Waals surface area contributed by atoms with Gasteiger partial charge in [0.15, 0.2) is 17.3 Å². The zero-order valence-electron chi connectivity index (χ0n) is 10.1. The molecule has 0 unspecified atom stereocenters. The van der Waals surface area contributed by atoms with Gasteiger partial charge in [0.2, 0.25) is 6.79 Å². The number of rotatable bonds is 1. The smallest absolute Gasteiger partial charge is 0.231 e. The van der Waals surface area contributed by atoms with Gasteiger partial charge >= 0.3 is 0 Å². The van der Waals surface area contributed by atoms with E-state index in [0.29, 0.717) is 17.9 Å². The van der Waals surface area contributed by atoms with Gasteiger partial charge in [-0.2, -0.15) is 0 Å². The molecule has 0 spiro atoms. The SMILES string of the molecule is N/C(=C1/CCCCC1=O)c1ccc2c(c1)OCO2. The molecule has 18 heavy (non-hydrogen) atoms. The monoisotopic (exact) mass is 245 g/mol. The fraction of sp³-hybridized carbons (Fsp3) is 0.357. The number of ketones is 1. The van der Waals surface area contributed by atoms with E-state index in [0.717, 1.165) is 36.1 Å². The van der Waals surface area contributed by atoms with Crippen molar-refractivity contribution < 1.29 is 14.3 Å². The van der Waals surface area contributed by atoms with Crippen molar-refractivity contribution in [3.63, 3.8) is 0 Å². The van der Waals surface area contributed by atoms with Gasteiger partial charge in [0, 0.05) is 23.3 Å². The number of nitrogens with two attached hydrogens (primary N) is 1. The van der Waals surface area contributed by atoms with E-state index in [1.165, 1.54) is 0 Å². The lowest BCUT2D eigenvalue weighted by Crippen LogP contribution is -2.14. The van der Waals surface area contributed by atoms with Gasteiger partial charge in [-0.05, 0) is 37.5 Å². The molecule has 1 aromatic rings. The van der Waals surface area contributed by atoms with Crippen molar-refractivity contribution in [2.75, 3.05) is 6.79 Å². The molecule has 1 fully saturated rings. The molecule has 2 N–H and O–H groups in total. The fourth-order valence-electron chi connectivity index (χ4n) is 2.40. The van der Waals surface area contributed by atoms with E-state index in [-0.39, 0.29) is 12.6 Å². The minimum absolute atomic E-state index is 0.177. The Morgan fingerprint density at radius 1 is 1.11 bits per heavy atom. The molecular formula is C14H15NO3. The van der Waals surface area contributed by atoms with Crippen LogP contribution in [0, 0.1) is 0 Å². The van der Waals surface area contributed by atoms with Crippen LogP contribution in [-0.2, 0) is 4.79 Å². The van der Waals surface area contributed by atoms with Gasteiger partial charge in [-0.25, -0.2) is 0 Å². The summed E-state index contributed by atoms with van der Waals surface area (Å²) in [6.07, 6.45) is 3.39. The summed E-state index contributed by atoms with van der Waals surface area (Å²) in [4.78, 5) is 11.8. The molecule has 1 saturated carbocycles. The average Bonchev–Trinajstić information content (AvgIpc) is 2.85. The summed E-state index contributed by atoms with van der Waals surface area (Å²) in [5.74, 6) is 1.60. The van der Waals surface area contributed by atoms with Crippen LogP contribution in [0.25, 0.3) is 5.70 Å². The zero-order valence-corrected chi connectivity index (χ0v) is 10.1. The van der Waals surface area contributed by atoms with Gasteiger partial charge in [-0.3, -0.25) is 4.79 Å². The first-order valence-corrected chi connectivity index (χ1v) is 6.17. The van der Waals surface area contributed by atoms with Gasteiger partial charge in [0.25, 0.3) is 0 Å². The second kappa shape index (κ2) is 4.37. The van der Waals surface area contributed by atoms with Crippen molar-refractivity contribution >= 4 is 11.5 Å². The van der Waals surface area contributed by atoms with Crippen LogP contribution in [0.5, 0.6) is 11.5 Å². The van der Waals surface area contributed by atoms with E-state index in [1.807, 2.05) is 18.2 Å². The first kappa shape index (κ1) is 11.1. The van der Waals surface area contributed by atoms with Gasteiger partial charge in [-0.15, -0.1) is 0 Å². The first-order valence-electron chi connectivity index (χ1n) is 6.17. The van der Waals surface area contributed by atoms with E-state index < -0.39 is 0 Å². The van der Waals surface area contributed by atoms with Crippen LogP contribution >= 0.6 is 0 Å². The molecule has 2 aliphatic rings. The van der Waals surface area contributed by atoms with Crippen LogP contribution in [-0.4, -0.2) is 12.6 Å². The van der Waals surface area contributed by atoms with E-state index in [4.69, 9.17) is 15.2 Å². The van der Waals surface area contributed by atoms with E-state index in [1.54, 1.807) is 0 Å². The maximum atomic E-state index is 11.8. The second-order valence-electron chi connectivity index (χ2n) is 4.59. The van der Waals surface area contributed by atoms with Crippen molar-refractivity contribution in [3.8, 4) is 11.5 Å². The molecule has 94 valence electrons. The molecule has 0 saturated heterocycles. The Hall–Kier alpha value is -1.97. The van der Waals surface area contributed by atoms with Gasteiger partial charge in [0.05, 0.1) is 0 Å². The minimum Gasteiger partial charge on any atom is -0.454 e. The van der Waals surface area contributed by atoms with Crippen molar-refractivity contribution in [1.82, 2.24) is 0 Å². The summed E-state index contributed by atoms with van der Waals surface area (Å²) in [5.41, 5.74) is 8.30. The highest BCUT2D eigenvalue weighted by Gasteiger charge is 2.20. The molecule has 1 aliphatic heterocycles. The predicted molar refractivity (Wildman–Crippen MR) is 67.1 cm³/mol. The quantitative estimate of drug-likeness (QED) is 0.771. The number of ether oxygens (including phenoxy) is 2. The van der Waals surface area contributed by atoms with Crippen LogP contribution < -0.4 is 15.2 Å². The lowest BCUT2D eigenvalue weighted by atomic mass is 9.90. The van der Waals surface area contributed by atoms with E-state index >= 15 is 0 Å². The minimum atomic E-state index is 0.177. The molecule has 0 radical (unpaired) electrons. The highest BCUT2D eigenvalue weighted by Crippen LogP contribution is 2.35. The first-order chi connectivity index (χ1) is 8.75. The van der Waals surface area contributed by atoms with Gasteiger partial charge in [0.1, 0.15) is 0 Å². The Labute approximate surface area is 105 Å². The number of fused-ring (bicyclic) bond motifs is 1. The molecule has 1 heterocycles. The maximum Gasteiger partial charge on any atom is 0.231 e. The number of carbonyl (C=O) groups excluding carboxylic acids is 1. The van der Waals surface area contributed by atoms with E-state index in [2.05, 4.69) is 0 Å². The molecule has 0 atom stereocenters. The summed E-state index contributed by atoms with van der Waals surface area (Å²) >= 11 is 0. The van der Waals surface area contributed by atoms with Crippen LogP contribution in [0.1, 0.15) is 31.2 Å². The number of hydrogen-bond acceptors (Lipinski definition) is 4. The van der Waals surface area contributed by atoms with Crippen molar-refractivity contribution in [2.24, 2.45) is 5.73 Å². The van der Waals surface area contributed by atoms with E-state index in [9.17, 15) is 4.79 Å². The summed E-state index contributed by atoms with van der Waals surface area (Å²) in [6, 6.07) is 5.54. The highest BCUT2D eigenvalue weighted by atomic mass is 16.7. The Kier molecular flexibility index (Phi) is 2.70. The Morgan fingerprint density at radius 2 is 1.89 bits per heavy atom. The second-order valence-corrected chi connectivity index (χ2v) is 4.59.